The van der Waals surface area contributed by atoms with Gasteiger partial charge in [-0.3, -0.25) is 13.9 Å². The van der Waals surface area contributed by atoms with Gasteiger partial charge in [0.25, 0.3) is 10.0 Å². The lowest BCUT2D eigenvalue weighted by atomic mass is 10.1. The van der Waals surface area contributed by atoms with E-state index in [0.717, 1.165) is 4.31 Å². The van der Waals surface area contributed by atoms with E-state index in [4.69, 9.17) is 46.4 Å². The number of hydrogen-bond donors (Lipinski definition) is 1. The molecule has 0 heterocycles. The molecule has 0 aromatic heterocycles. The molecule has 220 valence electrons. The normalized spacial score (nSPS) is 12.5. The van der Waals surface area contributed by atoms with Crippen LogP contribution in [-0.4, -0.2) is 43.3 Å². The second-order valence-electron chi connectivity index (χ2n) is 10.4. The fraction of sp³-hybridized carbons (Fsp3) is 0.310. The minimum Gasteiger partial charge on any atom is -0.350 e. The summed E-state index contributed by atoms with van der Waals surface area (Å²) >= 11 is 25.0. The van der Waals surface area contributed by atoms with Gasteiger partial charge in [-0.1, -0.05) is 77.6 Å². The summed E-state index contributed by atoms with van der Waals surface area (Å²) in [4.78, 5) is 28.8. The third-order valence-corrected chi connectivity index (χ3v) is 9.08. The van der Waals surface area contributed by atoms with E-state index in [1.54, 1.807) is 43.3 Å². The van der Waals surface area contributed by atoms with Crippen LogP contribution in [0.1, 0.15) is 39.7 Å². The molecule has 1 N–H and O–H groups in total. The Morgan fingerprint density at radius 3 is 2.10 bits per heavy atom. The Kier molecular flexibility index (Phi) is 11.0. The van der Waals surface area contributed by atoms with Crippen LogP contribution >= 0.6 is 46.4 Å². The van der Waals surface area contributed by atoms with Gasteiger partial charge in [0.2, 0.25) is 11.8 Å². The van der Waals surface area contributed by atoms with Crippen LogP contribution in [0, 0.1) is 0 Å². The lowest BCUT2D eigenvalue weighted by molar-refractivity contribution is -0.141. The van der Waals surface area contributed by atoms with Crippen molar-refractivity contribution in [3.05, 3.63) is 92.4 Å². The van der Waals surface area contributed by atoms with E-state index < -0.39 is 34.1 Å². The molecule has 0 fully saturated rings. The quantitative estimate of drug-likeness (QED) is 0.249. The maximum atomic E-state index is 14.1. The van der Waals surface area contributed by atoms with Gasteiger partial charge in [-0.15, -0.1) is 0 Å². The highest BCUT2D eigenvalue weighted by Gasteiger charge is 2.35. The van der Waals surface area contributed by atoms with Gasteiger partial charge in [-0.05, 0) is 75.2 Å². The van der Waals surface area contributed by atoms with Crippen molar-refractivity contribution in [2.75, 3.05) is 10.8 Å². The number of carbonyl (C=O) groups is 2. The predicted octanol–water partition coefficient (Wildman–Crippen LogP) is 7.22. The topological polar surface area (TPSA) is 86.8 Å². The van der Waals surface area contributed by atoms with Crippen molar-refractivity contribution >= 4 is 73.9 Å². The van der Waals surface area contributed by atoms with Crippen molar-refractivity contribution < 1.29 is 18.0 Å². The Labute approximate surface area is 261 Å². The molecule has 0 saturated carbocycles. The fourth-order valence-electron chi connectivity index (χ4n) is 4.12. The molecule has 7 nitrogen and oxygen atoms in total. The summed E-state index contributed by atoms with van der Waals surface area (Å²) in [5.74, 6) is -1.02. The van der Waals surface area contributed by atoms with Gasteiger partial charge in [0, 0.05) is 17.1 Å². The van der Waals surface area contributed by atoms with E-state index in [1.807, 2.05) is 20.8 Å². The van der Waals surface area contributed by atoms with Gasteiger partial charge < -0.3 is 10.2 Å². The number of carbonyl (C=O) groups excluding carboxylic acids is 2. The van der Waals surface area contributed by atoms with Crippen molar-refractivity contribution in [3.8, 4) is 0 Å². The molecule has 12 heteroatoms. The van der Waals surface area contributed by atoms with Crippen LogP contribution in [0.15, 0.2) is 71.6 Å². The largest absolute Gasteiger partial charge is 0.350 e. The Morgan fingerprint density at radius 1 is 0.878 bits per heavy atom. The number of hydrogen-bond acceptors (Lipinski definition) is 4. The van der Waals surface area contributed by atoms with E-state index in [1.165, 1.54) is 35.2 Å². The summed E-state index contributed by atoms with van der Waals surface area (Å²) in [6.07, 6.45) is 0.262. The molecule has 1 atom stereocenters. The summed E-state index contributed by atoms with van der Waals surface area (Å²) < 4.78 is 28.7. The molecule has 3 rings (SSSR count). The fourth-order valence-corrected chi connectivity index (χ4v) is 6.32. The van der Waals surface area contributed by atoms with Crippen molar-refractivity contribution in [3.63, 3.8) is 0 Å². The molecule has 0 bridgehead atoms. The van der Waals surface area contributed by atoms with Gasteiger partial charge in [-0.2, -0.15) is 0 Å². The number of benzene rings is 3. The maximum absolute atomic E-state index is 14.1. The highest BCUT2D eigenvalue weighted by atomic mass is 35.5. The highest BCUT2D eigenvalue weighted by molar-refractivity contribution is 7.92. The Bertz CT molecular complexity index is 1510. The summed E-state index contributed by atoms with van der Waals surface area (Å²) in [6.45, 7) is 6.58. The third-order valence-electron chi connectivity index (χ3n) is 6.01. The Morgan fingerprint density at radius 2 is 1.51 bits per heavy atom. The average molecular weight is 659 g/mol. The number of anilines is 1. The van der Waals surface area contributed by atoms with E-state index >= 15 is 0 Å². The lowest BCUT2D eigenvalue weighted by Gasteiger charge is -2.35. The minimum atomic E-state index is -4.28. The molecule has 3 aromatic carbocycles. The molecule has 0 saturated heterocycles. The minimum absolute atomic E-state index is 0.0260. The SMILES string of the molecule is CC[C@H](C(=O)NC(C)(C)C)N(Cc1ccc(Cl)c(Cl)c1)C(=O)CN(c1cc(Cl)ccc1Cl)S(=O)(=O)c1ccccc1. The molecule has 0 unspecified atom stereocenters. The van der Waals surface area contributed by atoms with Crippen LogP contribution in [-0.2, 0) is 26.2 Å². The van der Waals surface area contributed by atoms with Crippen molar-refractivity contribution in [2.45, 2.75) is 57.1 Å². The molecule has 2 amide bonds. The van der Waals surface area contributed by atoms with Crippen LogP contribution in [0.3, 0.4) is 0 Å². The number of halogens is 4. The molecule has 0 aliphatic carbocycles. The average Bonchev–Trinajstić information content (AvgIpc) is 2.90. The first-order valence-electron chi connectivity index (χ1n) is 12.7. The first-order valence-corrected chi connectivity index (χ1v) is 15.7. The zero-order valence-corrected chi connectivity index (χ0v) is 26.8. The second-order valence-corrected chi connectivity index (χ2v) is 13.9. The Balaban J connectivity index is 2.12. The van der Waals surface area contributed by atoms with Gasteiger partial charge in [0.15, 0.2) is 0 Å². The van der Waals surface area contributed by atoms with Crippen LogP contribution in [0.4, 0.5) is 5.69 Å². The third kappa shape index (κ3) is 8.52. The van der Waals surface area contributed by atoms with Crippen LogP contribution < -0.4 is 9.62 Å². The molecular formula is C29H31Cl4N3O4S. The molecule has 3 aromatic rings. The monoisotopic (exact) mass is 657 g/mol. The van der Waals surface area contributed by atoms with Gasteiger partial charge in [-0.25, -0.2) is 8.42 Å². The van der Waals surface area contributed by atoms with Gasteiger partial charge in [0.05, 0.1) is 25.7 Å². The van der Waals surface area contributed by atoms with E-state index in [2.05, 4.69) is 5.32 Å². The number of amides is 2. The first-order chi connectivity index (χ1) is 19.1. The van der Waals surface area contributed by atoms with Gasteiger partial charge >= 0.3 is 0 Å². The maximum Gasteiger partial charge on any atom is 0.264 e. The summed E-state index contributed by atoms with van der Waals surface area (Å²) in [5.41, 5.74) is 0.0610. The molecular weight excluding hydrogens is 628 g/mol. The second kappa shape index (κ2) is 13.7. The highest BCUT2D eigenvalue weighted by Crippen LogP contribution is 2.33. The lowest BCUT2D eigenvalue weighted by Crippen LogP contribution is -2.55. The molecule has 0 aliphatic heterocycles. The van der Waals surface area contributed by atoms with E-state index in [-0.39, 0.29) is 44.5 Å². The molecule has 41 heavy (non-hydrogen) atoms. The smallest absolute Gasteiger partial charge is 0.264 e. The molecule has 0 radical (unpaired) electrons. The molecule has 0 spiro atoms. The summed E-state index contributed by atoms with van der Waals surface area (Å²) in [5, 5.41) is 3.84. The van der Waals surface area contributed by atoms with Crippen molar-refractivity contribution in [1.29, 1.82) is 0 Å². The Hall–Kier alpha value is -2.49. The standard InChI is InChI=1S/C29H31Cl4N3O4S/c1-5-25(28(38)34-29(2,3)4)35(17-19-11-13-22(31)24(33)15-19)27(37)18-36(26-16-20(30)12-14-23(26)32)41(39,40)21-9-7-6-8-10-21/h6-16,25H,5,17-18H2,1-4H3,(H,34,38)/t25-/m1/s1. The van der Waals surface area contributed by atoms with Gasteiger partial charge in [0.1, 0.15) is 12.6 Å². The van der Waals surface area contributed by atoms with Crippen LogP contribution in [0.5, 0.6) is 0 Å². The first kappa shape index (κ1) is 33.0. The molecule has 0 aliphatic rings. The number of rotatable bonds is 10. The van der Waals surface area contributed by atoms with E-state index in [9.17, 15) is 18.0 Å². The summed E-state index contributed by atoms with van der Waals surface area (Å²) in [6, 6.07) is 16.0. The van der Waals surface area contributed by atoms with Crippen molar-refractivity contribution in [1.82, 2.24) is 10.2 Å². The zero-order valence-electron chi connectivity index (χ0n) is 23.0. The number of sulfonamides is 1. The zero-order chi connectivity index (χ0) is 30.5. The van der Waals surface area contributed by atoms with Crippen LogP contribution in [0.25, 0.3) is 0 Å². The van der Waals surface area contributed by atoms with Crippen molar-refractivity contribution in [2.24, 2.45) is 0 Å². The van der Waals surface area contributed by atoms with E-state index in [0.29, 0.717) is 10.6 Å². The van der Waals surface area contributed by atoms with Crippen LogP contribution in [0.2, 0.25) is 20.1 Å². The summed E-state index contributed by atoms with van der Waals surface area (Å²) in [7, 11) is -4.28. The predicted molar refractivity (Wildman–Crippen MR) is 166 cm³/mol. The number of nitrogens with one attached hydrogen (secondary N) is 1. The number of nitrogens with zero attached hydrogens (tertiary/aromatic N) is 2.